The van der Waals surface area contributed by atoms with Crippen LogP contribution in [0, 0.1) is 25.7 Å². The van der Waals surface area contributed by atoms with E-state index in [2.05, 4.69) is 39.1 Å². The second-order valence-electron chi connectivity index (χ2n) is 8.79. The SMILES string of the molecule is [2H]C([2H])([2H])c1ccnc(-n2c3[c-]c(Oc4[c-]c(N5[CH-]N(C)c6ccccc65)ccn4)ccc3c3ccccc32)c1.[Pt]. The number of fused-ring (bicyclic) bond motifs is 4. The Balaban J connectivity index is 0.00000302. The molecular weight excluding hydrogens is 653 g/mol. The molecule has 1 aliphatic rings. The zero-order valence-corrected chi connectivity index (χ0v) is 22.5. The Labute approximate surface area is 239 Å². The third kappa shape index (κ3) is 4.02. The van der Waals surface area contributed by atoms with Gasteiger partial charge in [0.2, 0.25) is 0 Å². The maximum atomic E-state index is 7.86. The molecule has 6 aromatic rings. The van der Waals surface area contributed by atoms with Crippen molar-refractivity contribution in [1.29, 1.82) is 0 Å². The Hall–Kier alpha value is -4.15. The van der Waals surface area contributed by atoms with Gasteiger partial charge in [0, 0.05) is 54.0 Å². The molecule has 3 aromatic heterocycles. The summed E-state index contributed by atoms with van der Waals surface area (Å²) in [6, 6.07) is 31.5. The molecule has 0 spiro atoms. The first-order valence-electron chi connectivity index (χ1n) is 13.3. The van der Waals surface area contributed by atoms with Gasteiger partial charge < -0.3 is 19.1 Å². The maximum absolute atomic E-state index is 7.86. The molecule has 0 saturated heterocycles. The van der Waals surface area contributed by atoms with Crippen LogP contribution in [0.2, 0.25) is 0 Å². The molecule has 4 heterocycles. The molecule has 3 aromatic carbocycles. The molecule has 190 valence electrons. The van der Waals surface area contributed by atoms with Crippen molar-refractivity contribution in [2.24, 2.45) is 0 Å². The van der Waals surface area contributed by atoms with Crippen LogP contribution >= 0.6 is 0 Å². The minimum atomic E-state index is -2.25. The molecule has 7 heteroatoms. The van der Waals surface area contributed by atoms with Crippen LogP contribution in [0.15, 0.2) is 91.3 Å². The molecule has 0 aliphatic carbocycles. The van der Waals surface area contributed by atoms with E-state index in [9.17, 15) is 0 Å². The van der Waals surface area contributed by atoms with Crippen LogP contribution in [0.1, 0.15) is 9.68 Å². The summed E-state index contributed by atoms with van der Waals surface area (Å²) >= 11 is 0. The molecule has 0 saturated carbocycles. The van der Waals surface area contributed by atoms with Gasteiger partial charge >= 0.3 is 0 Å². The molecule has 38 heavy (non-hydrogen) atoms. The van der Waals surface area contributed by atoms with Gasteiger partial charge in [0.1, 0.15) is 11.7 Å². The molecule has 0 unspecified atom stereocenters. The number of nitrogens with zero attached hydrogens (tertiary/aromatic N) is 5. The molecular formula is C31H22N5OPt-3. The summed E-state index contributed by atoms with van der Waals surface area (Å²) < 4.78 is 31.7. The first-order chi connectivity index (χ1) is 19.4. The van der Waals surface area contributed by atoms with E-state index in [1.54, 1.807) is 12.3 Å². The smallest absolute Gasteiger partial charge is 0.135 e. The van der Waals surface area contributed by atoms with Crippen LogP contribution in [-0.2, 0) is 21.1 Å². The summed E-state index contributed by atoms with van der Waals surface area (Å²) in [5.74, 6) is 1.25. The van der Waals surface area contributed by atoms with Gasteiger partial charge in [0.05, 0.1) is 0 Å². The van der Waals surface area contributed by atoms with E-state index in [4.69, 9.17) is 8.85 Å². The number of benzene rings is 3. The first-order valence-corrected chi connectivity index (χ1v) is 11.8. The number of pyridine rings is 2. The molecule has 0 bridgehead atoms. The molecule has 0 N–H and O–H groups in total. The van der Waals surface area contributed by atoms with Gasteiger partial charge in [0.25, 0.3) is 0 Å². The topological polar surface area (TPSA) is 46.4 Å². The van der Waals surface area contributed by atoms with E-state index in [-0.39, 0.29) is 26.6 Å². The summed E-state index contributed by atoms with van der Waals surface area (Å²) in [5, 5.41) is 1.95. The third-order valence-corrected chi connectivity index (χ3v) is 6.47. The van der Waals surface area contributed by atoms with E-state index in [1.807, 2.05) is 77.8 Å². The largest absolute Gasteiger partial charge is 0.504 e. The summed E-state index contributed by atoms with van der Waals surface area (Å²) in [7, 11) is 2.00. The molecule has 1 aliphatic heterocycles. The van der Waals surface area contributed by atoms with Gasteiger partial charge in [-0.3, -0.25) is 4.98 Å². The van der Waals surface area contributed by atoms with Gasteiger partial charge in [-0.15, -0.1) is 17.5 Å². The summed E-state index contributed by atoms with van der Waals surface area (Å²) in [5.41, 5.74) is 4.76. The Kier molecular flexibility index (Phi) is 5.28. The van der Waals surface area contributed by atoms with Crippen LogP contribution in [0.3, 0.4) is 0 Å². The van der Waals surface area contributed by atoms with E-state index < -0.39 is 6.85 Å². The van der Waals surface area contributed by atoms with Crippen LogP contribution in [0.5, 0.6) is 11.6 Å². The normalized spacial score (nSPS) is 14.1. The quantitative estimate of drug-likeness (QED) is 0.189. The Bertz CT molecular complexity index is 1910. The standard InChI is InChI=1S/C31H22N5O.Pt/c1-21-13-15-32-30(17-21)36-26-8-4-3-7-24(26)25-12-11-23(19-29(25)36)37-31-18-22(14-16-33-31)35-20-34(2)27-9-5-6-10-28(27)35;/h3-17,20H,1-2H3;/q-3;/i1D3;. The van der Waals surface area contributed by atoms with Crippen molar-refractivity contribution in [3.8, 4) is 17.4 Å². The summed E-state index contributed by atoms with van der Waals surface area (Å²) in [6.45, 7) is -0.250. The summed E-state index contributed by atoms with van der Waals surface area (Å²) in [6.07, 6.45) is 3.21. The predicted molar refractivity (Wildman–Crippen MR) is 147 cm³/mol. The average molecular weight is 679 g/mol. The van der Waals surface area contributed by atoms with Gasteiger partial charge in [-0.05, 0) is 61.4 Å². The van der Waals surface area contributed by atoms with E-state index in [1.165, 1.54) is 12.3 Å². The molecule has 6 nitrogen and oxygen atoms in total. The minimum absolute atomic E-state index is 0. The van der Waals surface area contributed by atoms with Crippen molar-refractivity contribution in [1.82, 2.24) is 14.5 Å². The number of ether oxygens (including phenoxy) is 1. The minimum Gasteiger partial charge on any atom is -0.504 e. The maximum Gasteiger partial charge on any atom is 0.135 e. The first kappa shape index (κ1) is 20.9. The predicted octanol–water partition coefficient (Wildman–Crippen LogP) is 6.98. The van der Waals surface area contributed by atoms with Gasteiger partial charge in [-0.2, -0.15) is 30.6 Å². The zero-order chi connectivity index (χ0) is 27.4. The fourth-order valence-electron chi connectivity index (χ4n) is 4.82. The molecule has 0 radical (unpaired) electrons. The van der Waals surface area contributed by atoms with Gasteiger partial charge in [0.15, 0.2) is 0 Å². The zero-order valence-electron chi connectivity index (χ0n) is 23.2. The van der Waals surface area contributed by atoms with Crippen LogP contribution < -0.4 is 14.5 Å². The molecule has 0 fully saturated rings. The van der Waals surface area contributed by atoms with Crippen molar-refractivity contribution in [3.63, 3.8) is 0 Å². The average Bonchev–Trinajstić information content (AvgIpc) is 3.47. The number of aryl methyl sites for hydroxylation is 1. The summed E-state index contributed by atoms with van der Waals surface area (Å²) in [4.78, 5) is 13.0. The molecule has 0 amide bonds. The number of aromatic nitrogens is 3. The van der Waals surface area contributed by atoms with Crippen molar-refractivity contribution in [3.05, 3.63) is 116 Å². The Morgan fingerprint density at radius 2 is 1.68 bits per heavy atom. The monoisotopic (exact) mass is 678 g/mol. The van der Waals surface area contributed by atoms with Crippen LogP contribution in [0.4, 0.5) is 17.1 Å². The number of rotatable bonds is 4. The molecule has 7 rings (SSSR count). The number of hydrogen-bond donors (Lipinski definition) is 0. The third-order valence-electron chi connectivity index (χ3n) is 6.47. The van der Waals surface area contributed by atoms with Gasteiger partial charge in [-0.1, -0.05) is 35.8 Å². The van der Waals surface area contributed by atoms with Crippen molar-refractivity contribution < 1.29 is 29.9 Å². The fourth-order valence-corrected chi connectivity index (χ4v) is 4.82. The fraction of sp³-hybridized carbons (Fsp3) is 0.0645. The van der Waals surface area contributed by atoms with Crippen molar-refractivity contribution >= 4 is 38.9 Å². The Morgan fingerprint density at radius 3 is 2.58 bits per heavy atom. The van der Waals surface area contributed by atoms with E-state index >= 15 is 0 Å². The van der Waals surface area contributed by atoms with E-state index in [0.717, 1.165) is 33.4 Å². The van der Waals surface area contributed by atoms with Crippen LogP contribution in [0.25, 0.3) is 27.6 Å². The second-order valence-corrected chi connectivity index (χ2v) is 8.79. The molecule has 0 atom stereocenters. The van der Waals surface area contributed by atoms with Crippen molar-refractivity contribution in [2.45, 2.75) is 6.85 Å². The van der Waals surface area contributed by atoms with E-state index in [0.29, 0.717) is 23.0 Å². The Morgan fingerprint density at radius 1 is 0.868 bits per heavy atom. The number of para-hydroxylation sites is 3. The van der Waals surface area contributed by atoms with Gasteiger partial charge in [-0.25, -0.2) is 4.98 Å². The number of hydrogen-bond acceptors (Lipinski definition) is 5. The van der Waals surface area contributed by atoms with Crippen molar-refractivity contribution in [2.75, 3.05) is 16.8 Å². The van der Waals surface area contributed by atoms with Crippen LogP contribution in [-0.4, -0.2) is 21.6 Å². The number of anilines is 3. The second kappa shape index (κ2) is 9.62.